The van der Waals surface area contributed by atoms with Crippen LogP contribution in [0, 0.1) is 0 Å². The van der Waals surface area contributed by atoms with Crippen molar-refractivity contribution in [1.29, 1.82) is 0 Å². The highest BCUT2D eigenvalue weighted by atomic mass is 32.2. The molecule has 0 saturated carbocycles. The number of likely N-dealkylation sites (N-methyl/N-ethyl adjacent to an activating group) is 1. The molecule has 7 heteroatoms. The molecule has 1 aromatic carbocycles. The molecule has 0 N–H and O–H groups in total. The summed E-state index contributed by atoms with van der Waals surface area (Å²) in [6.07, 6.45) is 0. The molecule has 0 radical (unpaired) electrons. The van der Waals surface area contributed by atoms with Crippen LogP contribution in [0.25, 0.3) is 0 Å². The van der Waals surface area contributed by atoms with E-state index in [1.807, 2.05) is 23.1 Å². The van der Waals surface area contributed by atoms with Gasteiger partial charge in [-0.25, -0.2) is 0 Å². The lowest BCUT2D eigenvalue weighted by atomic mass is 10.1. The Morgan fingerprint density at radius 1 is 1.12 bits per heavy atom. The van der Waals surface area contributed by atoms with Crippen LogP contribution >= 0.6 is 11.8 Å². The van der Waals surface area contributed by atoms with Crippen molar-refractivity contribution in [3.63, 3.8) is 0 Å². The molecule has 1 aromatic rings. The second-order valence-corrected chi connectivity index (χ2v) is 6.88. The maximum atomic E-state index is 12.7. The summed E-state index contributed by atoms with van der Waals surface area (Å²) >= 11 is 1.52. The van der Waals surface area contributed by atoms with E-state index in [-0.39, 0.29) is 11.3 Å². The molecule has 0 bridgehead atoms. The van der Waals surface area contributed by atoms with Gasteiger partial charge >= 0.3 is 0 Å². The highest BCUT2D eigenvalue weighted by Gasteiger charge is 2.41. The minimum atomic E-state index is -0.463. The van der Waals surface area contributed by atoms with Crippen molar-refractivity contribution in [2.75, 3.05) is 47.5 Å². The van der Waals surface area contributed by atoms with Gasteiger partial charge in [-0.15, -0.1) is 0 Å². The van der Waals surface area contributed by atoms with E-state index in [1.54, 1.807) is 21.3 Å². The molecule has 0 aromatic heterocycles. The maximum Gasteiger partial charge on any atom is 0.263 e. The van der Waals surface area contributed by atoms with Crippen LogP contribution in [0.4, 0.5) is 0 Å². The van der Waals surface area contributed by atoms with Crippen molar-refractivity contribution < 1.29 is 19.0 Å². The largest absolute Gasteiger partial charge is 0.493 e. The molecular formula is C18H28N2O4S. The first-order valence-electron chi connectivity index (χ1n) is 8.52. The summed E-state index contributed by atoms with van der Waals surface area (Å²) in [6.45, 7) is 7.73. The summed E-state index contributed by atoms with van der Waals surface area (Å²) in [5.41, 5.74) is 0.546. The molecule has 1 aliphatic rings. The van der Waals surface area contributed by atoms with Crippen LogP contribution in [-0.4, -0.2) is 68.7 Å². The van der Waals surface area contributed by atoms with E-state index < -0.39 is 5.44 Å². The Labute approximate surface area is 154 Å². The van der Waals surface area contributed by atoms with Crippen LogP contribution in [0.3, 0.4) is 0 Å². The number of hydrogen-bond acceptors (Lipinski definition) is 6. The third-order valence-corrected chi connectivity index (χ3v) is 5.90. The first-order chi connectivity index (χ1) is 12.1. The Morgan fingerprint density at radius 2 is 1.80 bits per heavy atom. The lowest BCUT2D eigenvalue weighted by molar-refractivity contribution is -0.136. The molecule has 1 amide bonds. The van der Waals surface area contributed by atoms with Crippen LogP contribution in [0.5, 0.6) is 11.5 Å². The van der Waals surface area contributed by atoms with E-state index in [0.717, 1.165) is 25.2 Å². The summed E-state index contributed by atoms with van der Waals surface area (Å²) in [5, 5.41) is -0.0900. The predicted molar refractivity (Wildman–Crippen MR) is 100 cm³/mol. The lowest BCUT2D eigenvalue weighted by Crippen LogP contribution is -2.38. The zero-order valence-electron chi connectivity index (χ0n) is 15.7. The molecule has 6 nitrogen and oxygen atoms in total. The normalized spacial score (nSPS) is 20.4. The Balaban J connectivity index is 2.24. The zero-order chi connectivity index (χ0) is 18.4. The minimum Gasteiger partial charge on any atom is -0.493 e. The first-order valence-corrected chi connectivity index (χ1v) is 9.46. The molecule has 140 valence electrons. The molecule has 25 heavy (non-hydrogen) atoms. The van der Waals surface area contributed by atoms with Crippen molar-refractivity contribution >= 4 is 17.7 Å². The van der Waals surface area contributed by atoms with Gasteiger partial charge in [-0.1, -0.05) is 31.7 Å². The lowest BCUT2D eigenvalue weighted by Gasteiger charge is -2.27. The van der Waals surface area contributed by atoms with Crippen molar-refractivity contribution in [2.24, 2.45) is 0 Å². The average Bonchev–Trinajstić information content (AvgIpc) is 2.97. The number of carbonyl (C=O) groups excluding carboxylic acids is 1. The summed E-state index contributed by atoms with van der Waals surface area (Å²) in [7, 11) is 4.81. The number of carbonyl (C=O) groups is 1. The molecule has 1 saturated heterocycles. The minimum absolute atomic E-state index is 0.0273. The molecule has 2 atom stereocenters. The number of rotatable bonds is 9. The van der Waals surface area contributed by atoms with Gasteiger partial charge in [0.25, 0.3) is 5.91 Å². The van der Waals surface area contributed by atoms with Crippen LogP contribution in [0.1, 0.15) is 24.8 Å². The number of amides is 1. The number of thioether (sulfide) groups is 1. The van der Waals surface area contributed by atoms with E-state index in [2.05, 4.69) is 18.7 Å². The Hall–Kier alpha value is -1.44. The molecule has 0 aliphatic carbocycles. The second-order valence-electron chi connectivity index (χ2n) is 5.73. The second kappa shape index (κ2) is 9.31. The summed E-state index contributed by atoms with van der Waals surface area (Å²) in [6, 6.07) is 5.79. The maximum absolute atomic E-state index is 12.7. The van der Waals surface area contributed by atoms with Gasteiger partial charge in [0.15, 0.2) is 16.9 Å². The van der Waals surface area contributed by atoms with Gasteiger partial charge in [0.2, 0.25) is 0 Å². The fraction of sp³-hybridized carbons (Fsp3) is 0.611. The van der Waals surface area contributed by atoms with Crippen LogP contribution in [0.15, 0.2) is 18.2 Å². The van der Waals surface area contributed by atoms with Gasteiger partial charge in [0, 0.05) is 20.2 Å². The van der Waals surface area contributed by atoms with Gasteiger partial charge in [-0.05, 0) is 30.8 Å². The van der Waals surface area contributed by atoms with Gasteiger partial charge in [0.05, 0.1) is 14.2 Å². The standard InChI is InChI=1S/C18H28N2O4S/c1-6-19(7-2)10-11-20-16(21)18(24-5)25-17(20)13-8-9-14(22-3)15(12-13)23-4/h8-9,12,17-18H,6-7,10-11H2,1-5H3. The Bertz CT molecular complexity index is 580. The van der Waals surface area contributed by atoms with Crippen LogP contribution in [-0.2, 0) is 9.53 Å². The smallest absolute Gasteiger partial charge is 0.263 e. The van der Waals surface area contributed by atoms with Gasteiger partial charge in [-0.3, -0.25) is 4.79 Å². The summed E-state index contributed by atoms with van der Waals surface area (Å²) < 4.78 is 16.1. The third-order valence-electron chi connectivity index (χ3n) is 4.48. The molecule has 2 unspecified atom stereocenters. The van der Waals surface area contributed by atoms with E-state index in [9.17, 15) is 4.79 Å². The molecule has 1 aliphatic heterocycles. The van der Waals surface area contributed by atoms with E-state index in [1.165, 1.54) is 11.8 Å². The highest BCUT2D eigenvalue weighted by molar-refractivity contribution is 8.01. The number of nitrogens with zero attached hydrogens (tertiary/aromatic N) is 2. The van der Waals surface area contributed by atoms with E-state index in [4.69, 9.17) is 14.2 Å². The molecule has 1 heterocycles. The zero-order valence-corrected chi connectivity index (χ0v) is 16.5. The van der Waals surface area contributed by atoms with Crippen molar-refractivity contribution in [2.45, 2.75) is 24.7 Å². The molecule has 1 fully saturated rings. The van der Waals surface area contributed by atoms with Crippen molar-refractivity contribution in [3.05, 3.63) is 23.8 Å². The third kappa shape index (κ3) is 4.40. The van der Waals surface area contributed by atoms with Gasteiger partial charge < -0.3 is 24.0 Å². The molecule has 2 rings (SSSR count). The average molecular weight is 368 g/mol. The molecular weight excluding hydrogens is 340 g/mol. The van der Waals surface area contributed by atoms with E-state index >= 15 is 0 Å². The summed E-state index contributed by atoms with van der Waals surface area (Å²) in [4.78, 5) is 16.9. The first kappa shape index (κ1) is 19.9. The fourth-order valence-electron chi connectivity index (χ4n) is 2.94. The van der Waals surface area contributed by atoms with Crippen molar-refractivity contribution in [1.82, 2.24) is 9.80 Å². The topological polar surface area (TPSA) is 51.2 Å². The fourth-order valence-corrected chi connectivity index (χ4v) is 4.19. The molecule has 0 spiro atoms. The van der Waals surface area contributed by atoms with Crippen LogP contribution in [0.2, 0.25) is 0 Å². The highest BCUT2D eigenvalue weighted by Crippen LogP contribution is 2.45. The Morgan fingerprint density at radius 3 is 2.36 bits per heavy atom. The SMILES string of the molecule is CCN(CC)CCN1C(=O)C(OC)SC1c1ccc(OC)c(OC)c1. The van der Waals surface area contributed by atoms with Crippen molar-refractivity contribution in [3.8, 4) is 11.5 Å². The summed E-state index contributed by atoms with van der Waals surface area (Å²) in [5.74, 6) is 1.37. The van der Waals surface area contributed by atoms with Gasteiger partial charge in [-0.2, -0.15) is 0 Å². The monoisotopic (exact) mass is 368 g/mol. The van der Waals surface area contributed by atoms with E-state index in [0.29, 0.717) is 18.0 Å². The quantitative estimate of drug-likeness (QED) is 0.668. The number of hydrogen-bond donors (Lipinski definition) is 0. The number of benzene rings is 1. The predicted octanol–water partition coefficient (Wildman–Crippen LogP) is 2.59. The number of methoxy groups -OCH3 is 3. The number of ether oxygens (including phenoxy) is 3. The Kier molecular flexibility index (Phi) is 7.40. The van der Waals surface area contributed by atoms with Gasteiger partial charge in [0.1, 0.15) is 5.37 Å². The van der Waals surface area contributed by atoms with Crippen LogP contribution < -0.4 is 9.47 Å².